The zero-order chi connectivity index (χ0) is 15.1. The SMILES string of the molecule is CN(Cc1cc(C#CCN)cs1)C(=O)CC1CCCCO1. The Balaban J connectivity index is 1.83. The van der Waals surface area contributed by atoms with Crippen LogP contribution in [0.4, 0.5) is 0 Å². The first-order valence-electron chi connectivity index (χ1n) is 7.31. The van der Waals surface area contributed by atoms with Crippen molar-refractivity contribution in [2.75, 3.05) is 20.2 Å². The molecule has 0 aromatic carbocycles. The topological polar surface area (TPSA) is 55.6 Å². The number of hydrogen-bond acceptors (Lipinski definition) is 4. The van der Waals surface area contributed by atoms with Crippen LogP contribution in [-0.4, -0.2) is 37.1 Å². The maximum atomic E-state index is 12.2. The number of nitrogens with zero attached hydrogens (tertiary/aromatic N) is 1. The predicted octanol–water partition coefficient (Wildman–Crippen LogP) is 1.98. The Labute approximate surface area is 130 Å². The van der Waals surface area contributed by atoms with Crippen LogP contribution in [0.15, 0.2) is 11.4 Å². The molecular weight excluding hydrogens is 284 g/mol. The molecule has 1 aromatic rings. The Hall–Kier alpha value is -1.35. The average molecular weight is 306 g/mol. The molecule has 1 unspecified atom stereocenters. The fourth-order valence-electron chi connectivity index (χ4n) is 2.32. The molecule has 1 saturated heterocycles. The molecule has 1 aliphatic rings. The van der Waals surface area contributed by atoms with E-state index < -0.39 is 0 Å². The summed E-state index contributed by atoms with van der Waals surface area (Å²) in [6.07, 6.45) is 3.86. The first-order valence-corrected chi connectivity index (χ1v) is 8.19. The molecule has 114 valence electrons. The van der Waals surface area contributed by atoms with Gasteiger partial charge in [0, 0.05) is 29.5 Å². The van der Waals surface area contributed by atoms with Gasteiger partial charge in [0.15, 0.2) is 0 Å². The van der Waals surface area contributed by atoms with Crippen molar-refractivity contribution in [2.45, 2.75) is 38.3 Å². The molecule has 2 heterocycles. The molecule has 0 spiro atoms. The largest absolute Gasteiger partial charge is 0.378 e. The Morgan fingerprint density at radius 2 is 2.43 bits per heavy atom. The number of hydrogen-bond donors (Lipinski definition) is 1. The van der Waals surface area contributed by atoms with Gasteiger partial charge in [-0.05, 0) is 25.3 Å². The molecule has 4 nitrogen and oxygen atoms in total. The lowest BCUT2D eigenvalue weighted by atomic mass is 10.1. The van der Waals surface area contributed by atoms with Crippen LogP contribution >= 0.6 is 11.3 Å². The van der Waals surface area contributed by atoms with Crippen molar-refractivity contribution < 1.29 is 9.53 Å². The van der Waals surface area contributed by atoms with Crippen molar-refractivity contribution >= 4 is 17.2 Å². The minimum atomic E-state index is 0.100. The van der Waals surface area contributed by atoms with Gasteiger partial charge in [-0.2, -0.15) is 0 Å². The van der Waals surface area contributed by atoms with Gasteiger partial charge >= 0.3 is 0 Å². The van der Waals surface area contributed by atoms with Crippen molar-refractivity contribution in [3.63, 3.8) is 0 Å². The quantitative estimate of drug-likeness (QED) is 0.865. The highest BCUT2D eigenvalue weighted by atomic mass is 32.1. The highest BCUT2D eigenvalue weighted by molar-refractivity contribution is 7.10. The number of carbonyl (C=O) groups is 1. The molecule has 0 aliphatic carbocycles. The summed E-state index contributed by atoms with van der Waals surface area (Å²) in [6, 6.07) is 2.02. The Bertz CT molecular complexity index is 524. The zero-order valence-electron chi connectivity index (χ0n) is 12.4. The van der Waals surface area contributed by atoms with Crippen LogP contribution < -0.4 is 5.73 Å². The Morgan fingerprint density at radius 1 is 1.57 bits per heavy atom. The molecule has 1 amide bonds. The molecule has 21 heavy (non-hydrogen) atoms. The van der Waals surface area contributed by atoms with E-state index in [1.54, 1.807) is 16.2 Å². The van der Waals surface area contributed by atoms with Crippen molar-refractivity contribution in [1.82, 2.24) is 4.90 Å². The molecule has 1 fully saturated rings. The zero-order valence-corrected chi connectivity index (χ0v) is 13.2. The summed E-state index contributed by atoms with van der Waals surface area (Å²) < 4.78 is 5.62. The second kappa shape index (κ2) is 8.18. The summed E-state index contributed by atoms with van der Waals surface area (Å²) in [5, 5.41) is 2.00. The van der Waals surface area contributed by atoms with Crippen molar-refractivity contribution in [1.29, 1.82) is 0 Å². The molecule has 0 saturated carbocycles. The molecule has 5 heteroatoms. The van der Waals surface area contributed by atoms with Gasteiger partial charge in [-0.15, -0.1) is 11.3 Å². The van der Waals surface area contributed by atoms with Crippen LogP contribution in [0.2, 0.25) is 0 Å². The number of carbonyl (C=O) groups excluding carboxylic acids is 1. The highest BCUT2D eigenvalue weighted by Crippen LogP contribution is 2.19. The monoisotopic (exact) mass is 306 g/mol. The average Bonchev–Trinajstić information content (AvgIpc) is 2.93. The number of rotatable bonds is 4. The van der Waals surface area contributed by atoms with E-state index in [0.717, 1.165) is 36.3 Å². The van der Waals surface area contributed by atoms with Crippen LogP contribution in [0.25, 0.3) is 0 Å². The molecule has 2 rings (SSSR count). The van der Waals surface area contributed by atoms with E-state index in [1.807, 2.05) is 18.5 Å². The van der Waals surface area contributed by atoms with Gasteiger partial charge in [-0.1, -0.05) is 11.8 Å². The van der Waals surface area contributed by atoms with Gasteiger partial charge in [0.1, 0.15) is 0 Å². The number of thiophene rings is 1. The van der Waals surface area contributed by atoms with E-state index >= 15 is 0 Å². The van der Waals surface area contributed by atoms with Gasteiger partial charge in [0.05, 0.1) is 25.6 Å². The van der Waals surface area contributed by atoms with Crippen molar-refractivity contribution in [3.05, 3.63) is 21.9 Å². The minimum absolute atomic E-state index is 0.100. The van der Waals surface area contributed by atoms with Crippen LogP contribution in [0.1, 0.15) is 36.1 Å². The molecular formula is C16H22N2O2S. The number of nitrogens with two attached hydrogens (primary N) is 1. The number of amides is 1. The third-order valence-corrected chi connectivity index (χ3v) is 4.41. The number of ether oxygens (including phenoxy) is 1. The molecule has 0 bridgehead atoms. The molecule has 0 radical (unpaired) electrons. The van der Waals surface area contributed by atoms with Crippen LogP contribution in [0.5, 0.6) is 0 Å². The fraction of sp³-hybridized carbons (Fsp3) is 0.562. The summed E-state index contributed by atoms with van der Waals surface area (Å²) in [5.41, 5.74) is 6.33. The van der Waals surface area contributed by atoms with E-state index in [9.17, 15) is 4.79 Å². The minimum Gasteiger partial charge on any atom is -0.378 e. The Morgan fingerprint density at radius 3 is 3.14 bits per heavy atom. The molecule has 1 atom stereocenters. The maximum Gasteiger partial charge on any atom is 0.225 e. The summed E-state index contributed by atoms with van der Waals surface area (Å²) in [6.45, 7) is 1.78. The normalized spacial score (nSPS) is 17.9. The summed E-state index contributed by atoms with van der Waals surface area (Å²) in [5.74, 6) is 5.98. The fourth-order valence-corrected chi connectivity index (χ4v) is 3.19. The lowest BCUT2D eigenvalue weighted by Gasteiger charge is -2.24. The first-order chi connectivity index (χ1) is 10.2. The second-order valence-electron chi connectivity index (χ2n) is 5.25. The van der Waals surface area contributed by atoms with Gasteiger partial charge in [0.2, 0.25) is 5.91 Å². The van der Waals surface area contributed by atoms with Crippen LogP contribution in [0.3, 0.4) is 0 Å². The van der Waals surface area contributed by atoms with Crippen LogP contribution in [0, 0.1) is 11.8 Å². The van der Waals surface area contributed by atoms with Gasteiger partial charge in [-0.3, -0.25) is 4.79 Å². The predicted molar refractivity (Wildman–Crippen MR) is 84.9 cm³/mol. The van der Waals surface area contributed by atoms with E-state index in [1.165, 1.54) is 0 Å². The molecule has 1 aromatic heterocycles. The Kier molecular flexibility index (Phi) is 6.24. The van der Waals surface area contributed by atoms with Crippen molar-refractivity contribution in [3.8, 4) is 11.8 Å². The third-order valence-electron chi connectivity index (χ3n) is 3.48. The summed E-state index contributed by atoms with van der Waals surface area (Å²) in [4.78, 5) is 15.1. The standard InChI is InChI=1S/C16H22N2O2S/c1-18(16(19)10-14-6-2-3-8-20-14)11-15-9-13(12-21-15)5-4-7-17/h9,12,14H,2-3,6-8,10-11,17H2,1H3. The summed E-state index contributed by atoms with van der Waals surface area (Å²) >= 11 is 1.62. The van der Waals surface area contributed by atoms with Gasteiger partial charge < -0.3 is 15.4 Å². The lowest BCUT2D eigenvalue weighted by Crippen LogP contribution is -2.31. The maximum absolute atomic E-state index is 12.2. The van der Waals surface area contributed by atoms with Crippen LogP contribution in [-0.2, 0) is 16.1 Å². The highest BCUT2D eigenvalue weighted by Gasteiger charge is 2.20. The lowest BCUT2D eigenvalue weighted by molar-refractivity contribution is -0.134. The third kappa shape index (κ3) is 5.16. The van der Waals surface area contributed by atoms with E-state index in [-0.39, 0.29) is 12.0 Å². The van der Waals surface area contributed by atoms with Gasteiger partial charge in [-0.25, -0.2) is 0 Å². The second-order valence-corrected chi connectivity index (χ2v) is 6.25. The summed E-state index contributed by atoms with van der Waals surface area (Å²) in [7, 11) is 1.84. The molecule has 1 aliphatic heterocycles. The van der Waals surface area contributed by atoms with E-state index in [2.05, 4.69) is 11.8 Å². The van der Waals surface area contributed by atoms with E-state index in [4.69, 9.17) is 10.5 Å². The first kappa shape index (κ1) is 16.0. The van der Waals surface area contributed by atoms with Crippen molar-refractivity contribution in [2.24, 2.45) is 5.73 Å². The molecule has 2 N–H and O–H groups in total. The van der Waals surface area contributed by atoms with E-state index in [0.29, 0.717) is 19.5 Å². The smallest absolute Gasteiger partial charge is 0.225 e. The van der Waals surface area contributed by atoms with Gasteiger partial charge in [0.25, 0.3) is 0 Å².